The summed E-state index contributed by atoms with van der Waals surface area (Å²) in [7, 11) is 5.01. The Bertz CT molecular complexity index is 858. The van der Waals surface area contributed by atoms with Crippen molar-refractivity contribution in [1.29, 1.82) is 0 Å². The summed E-state index contributed by atoms with van der Waals surface area (Å²) in [5.41, 5.74) is 0. The summed E-state index contributed by atoms with van der Waals surface area (Å²) in [5, 5.41) is 10.9. The van der Waals surface area contributed by atoms with E-state index in [1.54, 1.807) is 27.4 Å². The van der Waals surface area contributed by atoms with Gasteiger partial charge in [-0.1, -0.05) is 29.4 Å². The molecule has 0 saturated carbocycles. The van der Waals surface area contributed by atoms with Crippen LogP contribution in [-0.4, -0.2) is 42.3 Å². The number of carbonyl (C=O) groups is 1. The van der Waals surface area contributed by atoms with E-state index in [2.05, 4.69) is 10.2 Å². The van der Waals surface area contributed by atoms with Crippen molar-refractivity contribution in [2.45, 2.75) is 13.0 Å². The van der Waals surface area contributed by atoms with Gasteiger partial charge in [0, 0.05) is 31.9 Å². The smallest absolute Gasteiger partial charge is 0.325 e. The van der Waals surface area contributed by atoms with Crippen LogP contribution >= 0.6 is 11.3 Å². The van der Waals surface area contributed by atoms with Gasteiger partial charge in [-0.25, -0.2) is 4.79 Å². The number of hydrogen-bond donors (Lipinski definition) is 0. The van der Waals surface area contributed by atoms with Gasteiger partial charge in [-0.15, -0.1) is 5.10 Å². The molecule has 3 aromatic rings. The first-order valence-electron chi connectivity index (χ1n) is 7.38. The van der Waals surface area contributed by atoms with Crippen molar-refractivity contribution >= 4 is 33.3 Å². The normalized spacial score (nSPS) is 12.2. The number of urea groups is 1. The summed E-state index contributed by atoms with van der Waals surface area (Å²) in [4.78, 5) is 14.8. The van der Waals surface area contributed by atoms with Crippen molar-refractivity contribution < 1.29 is 13.9 Å². The lowest BCUT2D eigenvalue weighted by Crippen LogP contribution is -2.36. The van der Waals surface area contributed by atoms with Crippen LogP contribution in [0.15, 0.2) is 34.9 Å². The van der Waals surface area contributed by atoms with Gasteiger partial charge in [0.1, 0.15) is 0 Å². The Labute approximate surface area is 143 Å². The van der Waals surface area contributed by atoms with Crippen molar-refractivity contribution in [3.05, 3.63) is 36.3 Å². The first-order chi connectivity index (χ1) is 11.5. The highest BCUT2D eigenvalue weighted by Crippen LogP contribution is 2.32. The quantitative estimate of drug-likeness (QED) is 0.722. The predicted octanol–water partition coefficient (Wildman–Crippen LogP) is 3.54. The molecular weight excluding hydrogens is 328 g/mol. The summed E-state index contributed by atoms with van der Waals surface area (Å²) < 4.78 is 11.5. The fourth-order valence-corrected chi connectivity index (χ4v) is 3.03. The summed E-state index contributed by atoms with van der Waals surface area (Å²) in [6.07, 6.45) is 1.39. The summed E-state index contributed by atoms with van der Waals surface area (Å²) in [6.45, 7) is 1.89. The standard InChI is InChI=1S/C16H18N4O3S/c1-10(13-12-8-6-5-7-11(12)9-22-13)23-15-18-17-14(24-15)20(4)16(21)19(2)3/h5-10H,1-4H3. The lowest BCUT2D eigenvalue weighted by Gasteiger charge is -2.18. The lowest BCUT2D eigenvalue weighted by molar-refractivity contribution is 0.195. The molecule has 0 aliphatic rings. The van der Waals surface area contributed by atoms with E-state index in [-0.39, 0.29) is 12.1 Å². The molecule has 3 rings (SSSR count). The van der Waals surface area contributed by atoms with Crippen molar-refractivity contribution in [3.63, 3.8) is 0 Å². The highest BCUT2D eigenvalue weighted by molar-refractivity contribution is 7.17. The van der Waals surface area contributed by atoms with E-state index < -0.39 is 0 Å². The zero-order valence-corrected chi connectivity index (χ0v) is 14.7. The predicted molar refractivity (Wildman–Crippen MR) is 92.7 cm³/mol. The van der Waals surface area contributed by atoms with E-state index in [9.17, 15) is 4.79 Å². The van der Waals surface area contributed by atoms with Crippen molar-refractivity contribution in [3.8, 4) is 5.19 Å². The number of amides is 2. The highest BCUT2D eigenvalue weighted by atomic mass is 32.1. The summed E-state index contributed by atoms with van der Waals surface area (Å²) >= 11 is 1.21. The first-order valence-corrected chi connectivity index (χ1v) is 8.20. The molecule has 8 heteroatoms. The Balaban J connectivity index is 1.76. The third kappa shape index (κ3) is 3.05. The van der Waals surface area contributed by atoms with Gasteiger partial charge in [0.05, 0.1) is 6.26 Å². The van der Waals surface area contributed by atoms with Crippen LogP contribution in [0.2, 0.25) is 0 Å². The molecule has 126 valence electrons. The topological polar surface area (TPSA) is 71.7 Å². The lowest BCUT2D eigenvalue weighted by atomic mass is 10.1. The number of aromatic nitrogens is 2. The van der Waals surface area contributed by atoms with Crippen molar-refractivity contribution in [2.24, 2.45) is 0 Å². The number of anilines is 1. The molecule has 0 aliphatic carbocycles. The monoisotopic (exact) mass is 346 g/mol. The fraction of sp³-hybridized carbons (Fsp3) is 0.312. The van der Waals surface area contributed by atoms with E-state index in [0.29, 0.717) is 10.3 Å². The maximum Gasteiger partial charge on any atom is 0.325 e. The molecule has 0 radical (unpaired) electrons. The Morgan fingerprint density at radius 3 is 2.75 bits per heavy atom. The maximum absolute atomic E-state index is 11.9. The molecular formula is C16H18N4O3S. The largest absolute Gasteiger partial charge is 0.464 e. The Morgan fingerprint density at radius 1 is 1.25 bits per heavy atom. The van der Waals surface area contributed by atoms with E-state index in [4.69, 9.17) is 9.15 Å². The molecule has 24 heavy (non-hydrogen) atoms. The maximum atomic E-state index is 11.9. The SMILES string of the molecule is CC(Oc1nnc(N(C)C(=O)N(C)C)s1)c1occ2ccccc12. The molecule has 1 unspecified atom stereocenters. The van der Waals surface area contributed by atoms with Crippen LogP contribution in [0.4, 0.5) is 9.93 Å². The van der Waals surface area contributed by atoms with Crippen molar-refractivity contribution in [2.75, 3.05) is 26.0 Å². The van der Waals surface area contributed by atoms with E-state index in [1.165, 1.54) is 21.1 Å². The van der Waals surface area contributed by atoms with Gasteiger partial charge in [0.25, 0.3) is 5.19 Å². The second-order valence-corrected chi connectivity index (χ2v) is 6.45. The minimum atomic E-state index is -0.319. The van der Waals surface area contributed by atoms with E-state index >= 15 is 0 Å². The van der Waals surface area contributed by atoms with Crippen LogP contribution in [0, 0.1) is 0 Å². The molecule has 0 bridgehead atoms. The molecule has 0 aliphatic heterocycles. The Morgan fingerprint density at radius 2 is 2.00 bits per heavy atom. The summed E-state index contributed by atoms with van der Waals surface area (Å²) in [5.74, 6) is 0.736. The van der Waals surface area contributed by atoms with Gasteiger partial charge in [-0.05, 0) is 18.3 Å². The van der Waals surface area contributed by atoms with Crippen LogP contribution in [0.3, 0.4) is 0 Å². The Hall–Kier alpha value is -2.61. The number of furan rings is 1. The Kier molecular flexibility index (Phi) is 4.39. The van der Waals surface area contributed by atoms with Gasteiger partial charge >= 0.3 is 6.03 Å². The highest BCUT2D eigenvalue weighted by Gasteiger charge is 2.21. The van der Waals surface area contributed by atoms with Gasteiger partial charge in [0.2, 0.25) is 5.13 Å². The first kappa shape index (κ1) is 16.3. The minimum Gasteiger partial charge on any atom is -0.464 e. The molecule has 7 nitrogen and oxygen atoms in total. The van der Waals surface area contributed by atoms with Crippen molar-refractivity contribution in [1.82, 2.24) is 15.1 Å². The number of hydrogen-bond acceptors (Lipinski definition) is 6. The minimum absolute atomic E-state index is 0.178. The molecule has 2 amide bonds. The zero-order valence-electron chi connectivity index (χ0n) is 13.9. The molecule has 0 fully saturated rings. The molecule has 0 spiro atoms. The number of fused-ring (bicyclic) bond motifs is 1. The van der Waals surface area contributed by atoms with Gasteiger partial charge in [-0.2, -0.15) is 0 Å². The number of ether oxygens (including phenoxy) is 1. The molecule has 1 atom stereocenters. The van der Waals surface area contributed by atoms with Crippen LogP contribution in [0.5, 0.6) is 5.19 Å². The van der Waals surface area contributed by atoms with Crippen LogP contribution in [0.1, 0.15) is 18.8 Å². The third-order valence-corrected chi connectivity index (χ3v) is 4.43. The zero-order chi connectivity index (χ0) is 17.3. The number of carbonyl (C=O) groups excluding carboxylic acids is 1. The van der Waals surface area contributed by atoms with E-state index in [0.717, 1.165) is 16.5 Å². The number of nitrogens with zero attached hydrogens (tertiary/aromatic N) is 4. The molecule has 2 aromatic heterocycles. The van der Waals surface area contributed by atoms with Gasteiger partial charge < -0.3 is 14.1 Å². The second-order valence-electron chi connectivity index (χ2n) is 5.53. The number of rotatable bonds is 4. The van der Waals surface area contributed by atoms with Crippen LogP contribution in [0.25, 0.3) is 10.8 Å². The molecule has 2 heterocycles. The molecule has 0 N–H and O–H groups in total. The van der Waals surface area contributed by atoms with Crippen LogP contribution < -0.4 is 9.64 Å². The van der Waals surface area contributed by atoms with Crippen LogP contribution in [-0.2, 0) is 0 Å². The van der Waals surface area contributed by atoms with Gasteiger partial charge in [0.15, 0.2) is 11.9 Å². The fourth-order valence-electron chi connectivity index (χ4n) is 2.30. The molecule has 0 saturated heterocycles. The third-order valence-electron chi connectivity index (χ3n) is 3.54. The molecule has 1 aromatic carbocycles. The number of benzene rings is 1. The summed E-state index contributed by atoms with van der Waals surface area (Å²) in [6, 6.07) is 7.71. The average molecular weight is 346 g/mol. The van der Waals surface area contributed by atoms with Gasteiger partial charge in [-0.3, -0.25) is 4.90 Å². The van der Waals surface area contributed by atoms with E-state index in [1.807, 2.05) is 31.2 Å². The average Bonchev–Trinajstić information content (AvgIpc) is 3.20. The second kappa shape index (κ2) is 6.48.